The van der Waals surface area contributed by atoms with Crippen LogP contribution in [0.15, 0.2) is 47.4 Å². The van der Waals surface area contributed by atoms with Crippen LogP contribution in [-0.4, -0.2) is 26.1 Å². The fraction of sp³-hybridized carbons (Fsp3) is 0.211. The van der Waals surface area contributed by atoms with Gasteiger partial charge in [-0.1, -0.05) is 12.1 Å². The average molecular weight is 418 g/mol. The summed E-state index contributed by atoms with van der Waals surface area (Å²) in [6, 6.07) is 7.16. The topological polar surface area (TPSA) is 67.7 Å². The summed E-state index contributed by atoms with van der Waals surface area (Å²) >= 11 is 1.56. The van der Waals surface area contributed by atoms with E-state index in [1.807, 2.05) is 28.3 Å². The van der Waals surface area contributed by atoms with Crippen molar-refractivity contribution in [2.45, 2.75) is 19.6 Å². The normalized spacial score (nSPS) is 11.7. The second kappa shape index (κ2) is 7.70. The largest absolute Gasteiger partial charge is 0.416 e. The fourth-order valence-corrected chi connectivity index (χ4v) is 3.52. The Morgan fingerprint density at radius 1 is 1.14 bits per heavy atom. The van der Waals surface area contributed by atoms with Crippen LogP contribution in [0.25, 0.3) is 16.9 Å². The number of nitrogens with zero attached hydrogens (tertiary/aromatic N) is 4. The molecule has 0 atom stereocenters. The lowest BCUT2D eigenvalue weighted by molar-refractivity contribution is -0.137. The van der Waals surface area contributed by atoms with Gasteiger partial charge < -0.3 is 10.6 Å². The maximum atomic E-state index is 13.0. The number of hydrogen-bond donors (Lipinski definition) is 2. The number of nitrogens with one attached hydrogen (secondary N) is 2. The molecular weight excluding hydrogens is 401 g/mol. The van der Waals surface area contributed by atoms with E-state index >= 15 is 0 Å². The number of thiophene rings is 1. The Morgan fingerprint density at radius 2 is 2.00 bits per heavy atom. The van der Waals surface area contributed by atoms with Crippen LogP contribution in [0.2, 0.25) is 0 Å². The van der Waals surface area contributed by atoms with Gasteiger partial charge in [-0.25, -0.2) is 4.98 Å². The zero-order valence-corrected chi connectivity index (χ0v) is 16.2. The Labute approximate surface area is 168 Å². The van der Waals surface area contributed by atoms with Crippen LogP contribution in [0.4, 0.5) is 24.9 Å². The lowest BCUT2D eigenvalue weighted by atomic mass is 10.1. The van der Waals surface area contributed by atoms with Crippen molar-refractivity contribution in [2.24, 2.45) is 0 Å². The van der Waals surface area contributed by atoms with Crippen LogP contribution < -0.4 is 10.6 Å². The SMILES string of the molecule is CCNc1nc(NCc2cccc(C(F)(F)F)c2)c2ncn(-c3ccsc3)c2n1. The predicted molar refractivity (Wildman–Crippen MR) is 107 cm³/mol. The lowest BCUT2D eigenvalue weighted by Crippen LogP contribution is -2.09. The molecule has 0 saturated carbocycles. The highest BCUT2D eigenvalue weighted by Gasteiger charge is 2.30. The molecule has 0 radical (unpaired) electrons. The van der Waals surface area contributed by atoms with Crippen molar-refractivity contribution in [1.29, 1.82) is 0 Å². The van der Waals surface area contributed by atoms with Gasteiger partial charge in [0.25, 0.3) is 0 Å². The third-order valence-electron chi connectivity index (χ3n) is 4.23. The van der Waals surface area contributed by atoms with Crippen LogP contribution in [-0.2, 0) is 12.7 Å². The summed E-state index contributed by atoms with van der Waals surface area (Å²) < 4.78 is 40.7. The Kier molecular flexibility index (Phi) is 5.10. The van der Waals surface area contributed by atoms with E-state index in [1.54, 1.807) is 23.7 Å². The quantitative estimate of drug-likeness (QED) is 0.464. The molecule has 29 heavy (non-hydrogen) atoms. The number of imidazole rings is 1. The van der Waals surface area contributed by atoms with Crippen molar-refractivity contribution in [3.63, 3.8) is 0 Å². The molecule has 10 heteroatoms. The van der Waals surface area contributed by atoms with E-state index in [0.29, 0.717) is 35.0 Å². The van der Waals surface area contributed by atoms with Gasteiger partial charge in [-0.3, -0.25) is 4.57 Å². The molecule has 0 spiro atoms. The maximum absolute atomic E-state index is 13.0. The third kappa shape index (κ3) is 4.02. The standard InChI is InChI=1S/C19H17F3N6S/c1-2-23-18-26-16(24-9-12-4-3-5-13(8-12)19(20,21)22)15-17(27-18)28(11-25-15)14-6-7-29-10-14/h3-8,10-11H,2,9H2,1H3,(H2,23,24,26,27). The number of benzene rings is 1. The van der Waals surface area contributed by atoms with E-state index in [1.165, 1.54) is 6.07 Å². The molecular formula is C19H17F3N6S. The molecule has 1 aromatic carbocycles. The van der Waals surface area contributed by atoms with Crippen LogP contribution >= 0.6 is 11.3 Å². The Bertz CT molecular complexity index is 1120. The summed E-state index contributed by atoms with van der Waals surface area (Å²) in [7, 11) is 0. The van der Waals surface area contributed by atoms with Crippen molar-refractivity contribution in [3.05, 3.63) is 58.5 Å². The van der Waals surface area contributed by atoms with Crippen LogP contribution in [0, 0.1) is 0 Å². The van der Waals surface area contributed by atoms with E-state index in [2.05, 4.69) is 25.6 Å². The maximum Gasteiger partial charge on any atom is 0.416 e. The molecule has 3 aromatic heterocycles. The summed E-state index contributed by atoms with van der Waals surface area (Å²) in [5.41, 5.74) is 1.90. The van der Waals surface area contributed by atoms with Crippen LogP contribution in [0.5, 0.6) is 0 Å². The molecule has 0 bridgehead atoms. The minimum Gasteiger partial charge on any atom is -0.364 e. The number of hydrogen-bond acceptors (Lipinski definition) is 6. The molecule has 0 amide bonds. The summed E-state index contributed by atoms with van der Waals surface area (Å²) in [6.45, 7) is 2.73. The third-order valence-corrected chi connectivity index (χ3v) is 4.90. The first-order valence-corrected chi connectivity index (χ1v) is 9.81. The van der Waals surface area contributed by atoms with Gasteiger partial charge in [0.05, 0.1) is 11.3 Å². The van der Waals surface area contributed by atoms with Crippen molar-refractivity contribution in [3.8, 4) is 5.69 Å². The molecule has 6 nitrogen and oxygen atoms in total. The second-order valence-electron chi connectivity index (χ2n) is 6.25. The van der Waals surface area contributed by atoms with Crippen molar-refractivity contribution < 1.29 is 13.2 Å². The average Bonchev–Trinajstić information content (AvgIpc) is 3.35. The van der Waals surface area contributed by atoms with Gasteiger partial charge >= 0.3 is 6.18 Å². The summed E-state index contributed by atoms with van der Waals surface area (Å²) in [4.78, 5) is 13.4. The molecule has 0 saturated heterocycles. The van der Waals surface area contributed by atoms with Gasteiger partial charge in [-0.2, -0.15) is 34.5 Å². The van der Waals surface area contributed by atoms with Crippen LogP contribution in [0.1, 0.15) is 18.1 Å². The van der Waals surface area contributed by atoms with Gasteiger partial charge in [0.2, 0.25) is 5.95 Å². The fourth-order valence-electron chi connectivity index (χ4n) is 2.89. The number of fused-ring (bicyclic) bond motifs is 1. The highest BCUT2D eigenvalue weighted by molar-refractivity contribution is 7.08. The van der Waals surface area contributed by atoms with Gasteiger partial charge in [0.15, 0.2) is 17.0 Å². The molecule has 0 aliphatic carbocycles. The van der Waals surface area contributed by atoms with Crippen molar-refractivity contribution in [1.82, 2.24) is 19.5 Å². The highest BCUT2D eigenvalue weighted by Crippen LogP contribution is 2.30. The van der Waals surface area contributed by atoms with Gasteiger partial charge in [0, 0.05) is 18.5 Å². The molecule has 4 aromatic rings. The Morgan fingerprint density at radius 3 is 2.72 bits per heavy atom. The van der Waals surface area contributed by atoms with E-state index in [9.17, 15) is 13.2 Å². The van der Waals surface area contributed by atoms with E-state index in [-0.39, 0.29) is 6.54 Å². The molecule has 3 heterocycles. The molecule has 0 aliphatic heterocycles. The molecule has 150 valence electrons. The number of alkyl halides is 3. The highest BCUT2D eigenvalue weighted by atomic mass is 32.1. The monoisotopic (exact) mass is 418 g/mol. The first-order chi connectivity index (χ1) is 14.0. The zero-order valence-electron chi connectivity index (χ0n) is 15.4. The molecule has 0 aliphatic rings. The van der Waals surface area contributed by atoms with Gasteiger partial charge in [-0.05, 0) is 36.1 Å². The summed E-state index contributed by atoms with van der Waals surface area (Å²) in [5, 5.41) is 10.1. The number of rotatable bonds is 6. The first-order valence-electron chi connectivity index (χ1n) is 8.87. The van der Waals surface area contributed by atoms with Gasteiger partial charge in [-0.15, -0.1) is 0 Å². The van der Waals surface area contributed by atoms with Crippen molar-refractivity contribution in [2.75, 3.05) is 17.2 Å². The number of aromatic nitrogens is 4. The molecule has 0 fully saturated rings. The van der Waals surface area contributed by atoms with Gasteiger partial charge in [0.1, 0.15) is 6.33 Å². The molecule has 2 N–H and O–H groups in total. The Hall–Kier alpha value is -3.14. The van der Waals surface area contributed by atoms with Crippen molar-refractivity contribution >= 4 is 34.3 Å². The van der Waals surface area contributed by atoms with E-state index in [0.717, 1.165) is 17.8 Å². The predicted octanol–water partition coefficient (Wildman–Crippen LogP) is 4.94. The van der Waals surface area contributed by atoms with Crippen LogP contribution in [0.3, 0.4) is 0 Å². The number of anilines is 2. The molecule has 4 rings (SSSR count). The molecule has 0 unspecified atom stereocenters. The van der Waals surface area contributed by atoms with E-state index in [4.69, 9.17) is 0 Å². The number of halogens is 3. The summed E-state index contributed by atoms with van der Waals surface area (Å²) in [6.07, 6.45) is -2.72. The lowest BCUT2D eigenvalue weighted by Gasteiger charge is -2.11. The minimum atomic E-state index is -4.38. The zero-order chi connectivity index (χ0) is 20.4. The minimum absolute atomic E-state index is 0.174. The Balaban J connectivity index is 1.68. The smallest absolute Gasteiger partial charge is 0.364 e. The summed E-state index contributed by atoms with van der Waals surface area (Å²) in [5.74, 6) is 0.876. The van der Waals surface area contributed by atoms with E-state index < -0.39 is 11.7 Å². The first kappa shape index (κ1) is 19.2. The second-order valence-corrected chi connectivity index (χ2v) is 7.03.